The van der Waals surface area contributed by atoms with Gasteiger partial charge in [0.15, 0.2) is 0 Å². The van der Waals surface area contributed by atoms with Gasteiger partial charge in [-0.25, -0.2) is 0 Å². The lowest BCUT2D eigenvalue weighted by Crippen LogP contribution is -1.79. The van der Waals surface area contributed by atoms with Crippen molar-refractivity contribution in [2.75, 3.05) is 0 Å². The fourth-order valence-electron chi connectivity index (χ4n) is 0.590. The number of hydrogen-bond acceptors (Lipinski definition) is 1. The lowest BCUT2D eigenvalue weighted by molar-refractivity contribution is 0.282. The van der Waals surface area contributed by atoms with Gasteiger partial charge in [-0.1, -0.05) is 28.1 Å². The minimum Gasteiger partial charge on any atom is -0.392 e. The molecule has 10 heavy (non-hydrogen) atoms. The van der Waals surface area contributed by atoms with Crippen LogP contribution < -0.4 is 0 Å². The van der Waals surface area contributed by atoms with Gasteiger partial charge < -0.3 is 5.11 Å². The van der Waals surface area contributed by atoms with Crippen molar-refractivity contribution in [1.29, 1.82) is 0 Å². The summed E-state index contributed by atoms with van der Waals surface area (Å²) in [7, 11) is 0. The second kappa shape index (κ2) is 4.77. The highest BCUT2D eigenvalue weighted by Crippen LogP contribution is 2.09. The lowest BCUT2D eigenvalue weighted by Gasteiger charge is -1.92. The average Bonchev–Trinajstić information content (AvgIpc) is 1.90. The van der Waals surface area contributed by atoms with Gasteiger partial charge in [-0.05, 0) is 17.7 Å². The Bertz CT molecular complexity index is 185. The first-order valence-electron chi connectivity index (χ1n) is 2.68. The molecular formula is C7H9BrOS. The molecule has 0 amide bonds. The Morgan fingerprint density at radius 2 is 1.70 bits per heavy atom. The van der Waals surface area contributed by atoms with E-state index < -0.39 is 0 Å². The van der Waals surface area contributed by atoms with Crippen LogP contribution in [0.15, 0.2) is 28.7 Å². The van der Waals surface area contributed by atoms with Crippen molar-refractivity contribution in [3.8, 4) is 0 Å². The first-order valence-corrected chi connectivity index (χ1v) is 3.47. The van der Waals surface area contributed by atoms with Gasteiger partial charge in [0, 0.05) is 4.47 Å². The minimum absolute atomic E-state index is 0. The summed E-state index contributed by atoms with van der Waals surface area (Å²) in [6.45, 7) is 0.118. The molecule has 1 rings (SSSR count). The van der Waals surface area contributed by atoms with Gasteiger partial charge in [0.25, 0.3) is 0 Å². The maximum absolute atomic E-state index is 8.61. The number of halogens is 1. The molecule has 0 saturated heterocycles. The van der Waals surface area contributed by atoms with Crippen LogP contribution in [0.3, 0.4) is 0 Å². The van der Waals surface area contributed by atoms with Crippen molar-refractivity contribution < 1.29 is 5.11 Å². The number of rotatable bonds is 1. The molecular weight excluding hydrogens is 212 g/mol. The predicted molar refractivity (Wildman–Crippen MR) is 50.4 cm³/mol. The SMILES string of the molecule is OCc1ccc(Br)cc1.S. The van der Waals surface area contributed by atoms with E-state index in [9.17, 15) is 0 Å². The van der Waals surface area contributed by atoms with Crippen LogP contribution in [-0.2, 0) is 6.61 Å². The second-order valence-electron chi connectivity index (χ2n) is 1.78. The van der Waals surface area contributed by atoms with E-state index in [-0.39, 0.29) is 20.1 Å². The zero-order valence-corrected chi connectivity index (χ0v) is 7.93. The smallest absolute Gasteiger partial charge is 0.0681 e. The largest absolute Gasteiger partial charge is 0.392 e. The van der Waals surface area contributed by atoms with E-state index in [1.807, 2.05) is 24.3 Å². The Balaban J connectivity index is 0.000000810. The molecule has 0 saturated carbocycles. The summed E-state index contributed by atoms with van der Waals surface area (Å²) in [6, 6.07) is 7.57. The molecule has 1 nitrogen and oxygen atoms in total. The molecule has 1 aromatic rings. The molecule has 0 bridgehead atoms. The highest BCUT2D eigenvalue weighted by molar-refractivity contribution is 9.10. The summed E-state index contributed by atoms with van der Waals surface area (Å²) in [5, 5.41) is 8.61. The number of aliphatic hydroxyl groups is 1. The summed E-state index contributed by atoms with van der Waals surface area (Å²) in [6.07, 6.45) is 0. The standard InChI is InChI=1S/C7H7BrO.H2S/c8-7-3-1-6(5-9)2-4-7;/h1-4,9H,5H2;1H2. The molecule has 0 atom stereocenters. The summed E-state index contributed by atoms with van der Waals surface area (Å²) >= 11 is 3.29. The maximum Gasteiger partial charge on any atom is 0.0681 e. The molecule has 0 radical (unpaired) electrons. The lowest BCUT2D eigenvalue weighted by atomic mass is 10.2. The topological polar surface area (TPSA) is 20.2 Å². The monoisotopic (exact) mass is 220 g/mol. The Morgan fingerprint density at radius 3 is 2.10 bits per heavy atom. The molecule has 0 aromatic heterocycles. The first kappa shape index (κ1) is 10.0. The second-order valence-corrected chi connectivity index (χ2v) is 2.70. The van der Waals surface area contributed by atoms with Gasteiger partial charge in [-0.2, -0.15) is 13.5 Å². The van der Waals surface area contributed by atoms with Crippen molar-refractivity contribution in [2.45, 2.75) is 6.61 Å². The van der Waals surface area contributed by atoms with E-state index in [0.717, 1.165) is 10.0 Å². The molecule has 0 aliphatic carbocycles. The summed E-state index contributed by atoms with van der Waals surface area (Å²) in [5.74, 6) is 0. The molecule has 0 aliphatic heterocycles. The maximum atomic E-state index is 8.61. The van der Waals surface area contributed by atoms with Gasteiger partial charge >= 0.3 is 0 Å². The predicted octanol–water partition coefficient (Wildman–Crippen LogP) is 2.05. The minimum atomic E-state index is 0. The normalized spacial score (nSPS) is 8.60. The molecule has 0 unspecified atom stereocenters. The molecule has 0 fully saturated rings. The first-order chi connectivity index (χ1) is 4.33. The zero-order chi connectivity index (χ0) is 6.69. The third-order valence-electron chi connectivity index (χ3n) is 1.10. The molecule has 1 N–H and O–H groups in total. The van der Waals surface area contributed by atoms with Crippen molar-refractivity contribution in [3.05, 3.63) is 34.3 Å². The van der Waals surface area contributed by atoms with Gasteiger partial charge in [-0.3, -0.25) is 0 Å². The third-order valence-corrected chi connectivity index (χ3v) is 1.62. The van der Waals surface area contributed by atoms with Crippen molar-refractivity contribution in [3.63, 3.8) is 0 Å². The van der Waals surface area contributed by atoms with Crippen LogP contribution >= 0.6 is 29.4 Å². The van der Waals surface area contributed by atoms with Crippen LogP contribution in [-0.4, -0.2) is 5.11 Å². The Morgan fingerprint density at radius 1 is 1.20 bits per heavy atom. The van der Waals surface area contributed by atoms with E-state index >= 15 is 0 Å². The molecule has 0 aliphatic rings. The van der Waals surface area contributed by atoms with Crippen LogP contribution in [0.2, 0.25) is 0 Å². The van der Waals surface area contributed by atoms with Crippen molar-refractivity contribution >= 4 is 29.4 Å². The van der Waals surface area contributed by atoms with Gasteiger partial charge in [0.2, 0.25) is 0 Å². The van der Waals surface area contributed by atoms with Crippen LogP contribution in [0.5, 0.6) is 0 Å². The summed E-state index contributed by atoms with van der Waals surface area (Å²) < 4.78 is 1.04. The van der Waals surface area contributed by atoms with E-state index in [1.54, 1.807) is 0 Å². The van der Waals surface area contributed by atoms with Gasteiger partial charge in [0.05, 0.1) is 6.61 Å². The average molecular weight is 221 g/mol. The number of aliphatic hydroxyl groups excluding tert-OH is 1. The van der Waals surface area contributed by atoms with Gasteiger partial charge in [-0.15, -0.1) is 0 Å². The Kier molecular flexibility index (Phi) is 4.77. The van der Waals surface area contributed by atoms with Crippen LogP contribution in [0, 0.1) is 0 Å². The van der Waals surface area contributed by atoms with Crippen LogP contribution in [0.25, 0.3) is 0 Å². The highest BCUT2D eigenvalue weighted by Gasteiger charge is 1.86. The quantitative estimate of drug-likeness (QED) is 0.769. The summed E-state index contributed by atoms with van der Waals surface area (Å²) in [5.41, 5.74) is 0.943. The Labute approximate surface area is 75.7 Å². The van der Waals surface area contributed by atoms with E-state index in [0.29, 0.717) is 0 Å². The molecule has 56 valence electrons. The van der Waals surface area contributed by atoms with Crippen molar-refractivity contribution in [2.24, 2.45) is 0 Å². The zero-order valence-electron chi connectivity index (χ0n) is 5.34. The number of benzene rings is 1. The molecule has 0 spiro atoms. The number of hydrogen-bond donors (Lipinski definition) is 1. The van der Waals surface area contributed by atoms with E-state index in [2.05, 4.69) is 15.9 Å². The Hall–Kier alpha value is 0.01000. The van der Waals surface area contributed by atoms with Crippen LogP contribution in [0.4, 0.5) is 0 Å². The van der Waals surface area contributed by atoms with Crippen LogP contribution in [0.1, 0.15) is 5.56 Å². The third kappa shape index (κ3) is 2.73. The molecule has 0 heterocycles. The fraction of sp³-hybridized carbons (Fsp3) is 0.143. The van der Waals surface area contributed by atoms with Gasteiger partial charge in [0.1, 0.15) is 0 Å². The van der Waals surface area contributed by atoms with Crippen molar-refractivity contribution in [1.82, 2.24) is 0 Å². The molecule has 1 aromatic carbocycles. The highest BCUT2D eigenvalue weighted by atomic mass is 79.9. The van der Waals surface area contributed by atoms with E-state index in [4.69, 9.17) is 5.11 Å². The molecule has 3 heteroatoms. The fourth-order valence-corrected chi connectivity index (χ4v) is 0.854. The summed E-state index contributed by atoms with van der Waals surface area (Å²) in [4.78, 5) is 0. The van der Waals surface area contributed by atoms with E-state index in [1.165, 1.54) is 0 Å².